The van der Waals surface area contributed by atoms with E-state index in [1.165, 1.54) is 46.5 Å². The third kappa shape index (κ3) is 5.29. The van der Waals surface area contributed by atoms with E-state index in [-0.39, 0.29) is 22.6 Å². The van der Waals surface area contributed by atoms with E-state index in [1.54, 1.807) is 24.3 Å². The van der Waals surface area contributed by atoms with Gasteiger partial charge in [-0.25, -0.2) is 12.7 Å². The summed E-state index contributed by atoms with van der Waals surface area (Å²) in [7, 11) is 1.49. The van der Waals surface area contributed by atoms with Crippen molar-refractivity contribution in [1.29, 1.82) is 0 Å². The third-order valence-corrected chi connectivity index (χ3v) is 6.55. The summed E-state index contributed by atoms with van der Waals surface area (Å²) in [5.41, 5.74) is 0.616. The lowest BCUT2D eigenvalue weighted by Crippen LogP contribution is -2.31. The maximum absolute atomic E-state index is 12.9. The van der Waals surface area contributed by atoms with Crippen LogP contribution in [-0.2, 0) is 19.6 Å². The van der Waals surface area contributed by atoms with Crippen LogP contribution < -0.4 is 10.1 Å². The van der Waals surface area contributed by atoms with E-state index in [0.717, 1.165) is 4.31 Å². The normalized spacial score (nSPS) is 12.3. The van der Waals surface area contributed by atoms with E-state index in [0.29, 0.717) is 10.6 Å². The van der Waals surface area contributed by atoms with Crippen molar-refractivity contribution >= 4 is 33.5 Å². The van der Waals surface area contributed by atoms with Gasteiger partial charge in [0.25, 0.3) is 5.91 Å². The topological polar surface area (TPSA) is 102 Å². The van der Waals surface area contributed by atoms with Crippen LogP contribution in [0, 0.1) is 0 Å². The second-order valence-electron chi connectivity index (χ2n) is 6.48. The van der Waals surface area contributed by atoms with E-state index >= 15 is 0 Å². The predicted molar refractivity (Wildman–Crippen MR) is 112 cm³/mol. The molecule has 0 radical (unpaired) electrons. The van der Waals surface area contributed by atoms with Gasteiger partial charge in [0.15, 0.2) is 0 Å². The number of esters is 1. The Hall–Kier alpha value is -2.62. The minimum absolute atomic E-state index is 0.0816. The first kappa shape index (κ1) is 23.7. The van der Waals surface area contributed by atoms with Gasteiger partial charge in [0.1, 0.15) is 10.6 Å². The van der Waals surface area contributed by atoms with Crippen molar-refractivity contribution in [2.24, 2.45) is 0 Å². The minimum Gasteiger partial charge on any atom is -0.495 e. The standard InChI is InChI=1S/C20H23ClN2O6S/c1-23(2)30(26,27)18-11-13(9-10-17(18)28-3)20(25)22-16(12-19(24)29-4)14-7-5-6-8-15(14)21/h5-11,16H,12H2,1-4H3,(H,22,25). The number of benzene rings is 2. The van der Waals surface area contributed by atoms with Gasteiger partial charge in [-0.1, -0.05) is 29.8 Å². The second-order valence-corrected chi connectivity index (χ2v) is 9.01. The van der Waals surface area contributed by atoms with Crippen LogP contribution in [0.3, 0.4) is 0 Å². The number of amides is 1. The van der Waals surface area contributed by atoms with Crippen molar-refractivity contribution in [3.8, 4) is 5.75 Å². The zero-order valence-corrected chi connectivity index (χ0v) is 18.6. The number of hydrogen-bond acceptors (Lipinski definition) is 6. The fourth-order valence-corrected chi connectivity index (χ4v) is 4.05. The van der Waals surface area contributed by atoms with Gasteiger partial charge in [0, 0.05) is 24.7 Å². The zero-order chi connectivity index (χ0) is 22.5. The molecule has 1 unspecified atom stereocenters. The predicted octanol–water partition coefficient (Wildman–Crippen LogP) is 2.63. The second kappa shape index (κ2) is 9.92. The average molecular weight is 455 g/mol. The van der Waals surface area contributed by atoms with Crippen LogP contribution in [0.15, 0.2) is 47.4 Å². The third-order valence-electron chi connectivity index (χ3n) is 4.37. The number of methoxy groups -OCH3 is 2. The highest BCUT2D eigenvalue weighted by molar-refractivity contribution is 7.89. The fraction of sp³-hybridized carbons (Fsp3) is 0.300. The number of ether oxygens (including phenoxy) is 2. The molecule has 0 aromatic heterocycles. The molecule has 8 nitrogen and oxygen atoms in total. The number of sulfonamides is 1. The molecule has 10 heteroatoms. The summed E-state index contributed by atoms with van der Waals surface area (Å²) in [6, 6.07) is 10.1. The molecular formula is C20H23ClN2O6S. The van der Waals surface area contributed by atoms with E-state index in [1.807, 2.05) is 0 Å². The summed E-state index contributed by atoms with van der Waals surface area (Å²) in [5.74, 6) is -1.01. The van der Waals surface area contributed by atoms with E-state index in [4.69, 9.17) is 21.1 Å². The molecule has 0 spiro atoms. The maximum Gasteiger partial charge on any atom is 0.307 e. The van der Waals surface area contributed by atoms with Gasteiger partial charge < -0.3 is 14.8 Å². The molecule has 2 rings (SSSR count). The maximum atomic E-state index is 12.9. The van der Waals surface area contributed by atoms with Crippen LogP contribution in [0.5, 0.6) is 5.75 Å². The molecule has 1 amide bonds. The summed E-state index contributed by atoms with van der Waals surface area (Å²) in [6.45, 7) is 0. The van der Waals surface area contributed by atoms with Gasteiger partial charge in [0.2, 0.25) is 10.0 Å². The highest BCUT2D eigenvalue weighted by Gasteiger charge is 2.26. The molecule has 162 valence electrons. The molecule has 0 aliphatic rings. The molecule has 0 heterocycles. The fourth-order valence-electron chi connectivity index (χ4n) is 2.70. The monoisotopic (exact) mass is 454 g/mol. The Balaban J connectivity index is 2.42. The molecule has 0 fully saturated rings. The lowest BCUT2D eigenvalue weighted by molar-refractivity contribution is -0.141. The molecule has 30 heavy (non-hydrogen) atoms. The first-order valence-corrected chi connectivity index (χ1v) is 10.7. The van der Waals surface area contributed by atoms with Gasteiger partial charge in [-0.05, 0) is 29.8 Å². The van der Waals surface area contributed by atoms with Crippen LogP contribution in [0.1, 0.15) is 28.4 Å². The van der Waals surface area contributed by atoms with E-state index in [9.17, 15) is 18.0 Å². The smallest absolute Gasteiger partial charge is 0.307 e. The molecule has 0 saturated carbocycles. The van der Waals surface area contributed by atoms with Crippen LogP contribution in [0.25, 0.3) is 0 Å². The van der Waals surface area contributed by atoms with Crippen molar-refractivity contribution < 1.29 is 27.5 Å². The number of carbonyl (C=O) groups excluding carboxylic acids is 2. The Morgan fingerprint density at radius 2 is 1.80 bits per heavy atom. The van der Waals surface area contributed by atoms with Crippen LogP contribution >= 0.6 is 11.6 Å². The van der Waals surface area contributed by atoms with Gasteiger partial charge in [-0.15, -0.1) is 0 Å². The van der Waals surface area contributed by atoms with Gasteiger partial charge in [-0.3, -0.25) is 9.59 Å². The van der Waals surface area contributed by atoms with Gasteiger partial charge in [0.05, 0.1) is 26.7 Å². The number of rotatable bonds is 8. The van der Waals surface area contributed by atoms with E-state index < -0.39 is 27.9 Å². The lowest BCUT2D eigenvalue weighted by atomic mass is 10.0. The summed E-state index contributed by atoms with van der Waals surface area (Å²) in [4.78, 5) is 24.6. The Kier molecular flexibility index (Phi) is 7.83. The number of nitrogens with one attached hydrogen (secondary N) is 1. The quantitative estimate of drug-likeness (QED) is 0.615. The molecule has 0 aliphatic carbocycles. The molecule has 1 N–H and O–H groups in total. The van der Waals surface area contributed by atoms with Crippen LogP contribution in [-0.4, -0.2) is 52.9 Å². The highest BCUT2D eigenvalue weighted by atomic mass is 35.5. The van der Waals surface area contributed by atoms with Crippen LogP contribution in [0.2, 0.25) is 5.02 Å². The number of halogens is 1. The first-order chi connectivity index (χ1) is 14.1. The number of hydrogen-bond donors (Lipinski definition) is 1. The molecule has 1 atom stereocenters. The SMILES string of the molecule is COC(=O)CC(NC(=O)c1ccc(OC)c(S(=O)(=O)N(C)C)c1)c1ccccc1Cl. The van der Waals surface area contributed by atoms with Gasteiger partial charge >= 0.3 is 5.97 Å². The van der Waals surface area contributed by atoms with Crippen molar-refractivity contribution in [2.45, 2.75) is 17.4 Å². The molecular weight excluding hydrogens is 432 g/mol. The van der Waals surface area contributed by atoms with Crippen molar-refractivity contribution in [3.63, 3.8) is 0 Å². The van der Waals surface area contributed by atoms with Crippen molar-refractivity contribution in [2.75, 3.05) is 28.3 Å². The minimum atomic E-state index is -3.85. The molecule has 0 aliphatic heterocycles. The van der Waals surface area contributed by atoms with Crippen molar-refractivity contribution in [1.82, 2.24) is 9.62 Å². The first-order valence-electron chi connectivity index (χ1n) is 8.84. The van der Waals surface area contributed by atoms with Gasteiger partial charge in [-0.2, -0.15) is 0 Å². The molecule has 0 bridgehead atoms. The summed E-state index contributed by atoms with van der Waals surface area (Å²) in [5, 5.41) is 3.10. The molecule has 0 saturated heterocycles. The Labute approximate surface area is 180 Å². The molecule has 2 aromatic carbocycles. The largest absolute Gasteiger partial charge is 0.495 e. The summed E-state index contributed by atoms with van der Waals surface area (Å²) >= 11 is 6.23. The summed E-state index contributed by atoms with van der Waals surface area (Å²) < 4.78 is 36.1. The van der Waals surface area contributed by atoms with Crippen LogP contribution in [0.4, 0.5) is 0 Å². The Bertz CT molecular complexity index is 1040. The average Bonchev–Trinajstić information content (AvgIpc) is 2.72. The van der Waals surface area contributed by atoms with Crippen molar-refractivity contribution in [3.05, 3.63) is 58.6 Å². The highest BCUT2D eigenvalue weighted by Crippen LogP contribution is 2.29. The van der Waals surface area contributed by atoms with E-state index in [2.05, 4.69) is 5.32 Å². The lowest BCUT2D eigenvalue weighted by Gasteiger charge is -2.20. The Morgan fingerprint density at radius 3 is 2.37 bits per heavy atom. The molecule has 2 aromatic rings. The summed E-state index contributed by atoms with van der Waals surface area (Å²) in [6.07, 6.45) is -0.148. The number of nitrogens with zero attached hydrogens (tertiary/aromatic N) is 1. The Morgan fingerprint density at radius 1 is 1.13 bits per heavy atom. The zero-order valence-electron chi connectivity index (χ0n) is 17.0. The number of carbonyl (C=O) groups is 2.